The normalized spacial score (nSPS) is 10.8. The first kappa shape index (κ1) is 12.5. The lowest BCUT2D eigenvalue weighted by atomic mass is 10.1. The van der Waals surface area contributed by atoms with Crippen LogP contribution in [0.5, 0.6) is 0 Å². The fraction of sp³-hybridized carbons (Fsp3) is 0.0667. The molecule has 0 saturated heterocycles. The third-order valence-electron chi connectivity index (χ3n) is 2.97. The monoisotopic (exact) mass is 332 g/mol. The number of thiazole rings is 1. The van der Waals surface area contributed by atoms with Crippen LogP contribution in [-0.4, -0.2) is 5.78 Å². The maximum absolute atomic E-state index is 12.3. The molecule has 94 valence electrons. The average molecular weight is 333 g/mol. The fourth-order valence-electron chi connectivity index (χ4n) is 2.02. The molecule has 1 aromatic heterocycles. The molecule has 0 amide bonds. The van der Waals surface area contributed by atoms with E-state index in [-0.39, 0.29) is 5.78 Å². The third-order valence-corrected chi connectivity index (χ3v) is 4.62. The number of ketones is 1. The number of carbonyl (C=O) groups excluding carboxylic acids is 1. The van der Waals surface area contributed by atoms with Crippen LogP contribution in [0.1, 0.15) is 10.4 Å². The van der Waals surface area contributed by atoms with E-state index in [1.807, 2.05) is 52.5 Å². The van der Waals surface area contributed by atoms with E-state index in [0.29, 0.717) is 6.54 Å². The first-order valence-electron chi connectivity index (χ1n) is 5.89. The number of carbonyl (C=O) groups is 1. The maximum Gasteiger partial charge on any atom is 0.228 e. The number of benzene rings is 2. The summed E-state index contributed by atoms with van der Waals surface area (Å²) in [5, 5.41) is 0. The molecule has 0 fully saturated rings. The molecule has 4 heteroatoms. The Hall–Kier alpha value is -1.52. The van der Waals surface area contributed by atoms with E-state index in [1.165, 1.54) is 4.70 Å². The van der Waals surface area contributed by atoms with Gasteiger partial charge in [0.15, 0.2) is 0 Å². The molecule has 0 aliphatic carbocycles. The molecule has 0 unspecified atom stereocenters. The Bertz CT molecular complexity index is 750. The van der Waals surface area contributed by atoms with Gasteiger partial charge in [-0.1, -0.05) is 57.6 Å². The number of halogens is 1. The summed E-state index contributed by atoms with van der Waals surface area (Å²) in [5.41, 5.74) is 3.83. The summed E-state index contributed by atoms with van der Waals surface area (Å²) in [6.07, 6.45) is 0. The molecule has 0 saturated carbocycles. The van der Waals surface area contributed by atoms with Crippen molar-refractivity contribution in [2.45, 2.75) is 6.54 Å². The molecule has 2 nitrogen and oxygen atoms in total. The molecule has 0 N–H and O–H groups in total. The summed E-state index contributed by atoms with van der Waals surface area (Å²) in [7, 11) is 0. The molecular weight excluding hydrogens is 322 g/mol. The number of aromatic nitrogens is 1. The van der Waals surface area contributed by atoms with Crippen molar-refractivity contribution in [3.63, 3.8) is 0 Å². The number of para-hydroxylation sites is 1. The molecule has 0 radical (unpaired) electrons. The highest BCUT2D eigenvalue weighted by atomic mass is 79.9. The molecule has 19 heavy (non-hydrogen) atoms. The third kappa shape index (κ3) is 2.46. The molecule has 1 heterocycles. The largest absolute Gasteiger partial charge is 0.287 e. The molecular formula is C15H11BrNOS+. The van der Waals surface area contributed by atoms with Crippen LogP contribution in [-0.2, 0) is 6.54 Å². The molecule has 0 aliphatic rings. The van der Waals surface area contributed by atoms with Crippen molar-refractivity contribution in [2.75, 3.05) is 0 Å². The van der Waals surface area contributed by atoms with E-state index in [2.05, 4.69) is 22.0 Å². The Morgan fingerprint density at radius 2 is 1.84 bits per heavy atom. The van der Waals surface area contributed by atoms with Crippen molar-refractivity contribution in [3.8, 4) is 0 Å². The van der Waals surface area contributed by atoms with Crippen LogP contribution >= 0.6 is 27.3 Å². The topological polar surface area (TPSA) is 20.9 Å². The van der Waals surface area contributed by atoms with Gasteiger partial charge in [0, 0.05) is 16.1 Å². The van der Waals surface area contributed by atoms with Crippen molar-refractivity contribution in [1.82, 2.24) is 0 Å². The molecule has 3 aromatic rings. The summed E-state index contributed by atoms with van der Waals surface area (Å²) in [5.74, 6) is 0.112. The number of nitrogens with zero attached hydrogens (tertiary/aromatic N) is 1. The summed E-state index contributed by atoms with van der Waals surface area (Å²) >= 11 is 5.08. The molecule has 0 bridgehead atoms. The molecule has 0 atom stereocenters. The van der Waals surface area contributed by atoms with Gasteiger partial charge in [-0.3, -0.25) is 4.79 Å². The van der Waals surface area contributed by atoms with Gasteiger partial charge < -0.3 is 0 Å². The van der Waals surface area contributed by atoms with Gasteiger partial charge in [-0.05, 0) is 12.1 Å². The molecule has 3 rings (SSSR count). The lowest BCUT2D eigenvalue weighted by Gasteiger charge is -2.00. The highest BCUT2D eigenvalue weighted by Crippen LogP contribution is 2.18. The Kier molecular flexibility index (Phi) is 3.44. The lowest BCUT2D eigenvalue weighted by Crippen LogP contribution is -2.36. The summed E-state index contributed by atoms with van der Waals surface area (Å²) in [6.45, 7) is 0.368. The van der Waals surface area contributed by atoms with E-state index in [9.17, 15) is 4.79 Å². The molecule has 2 aromatic carbocycles. The fourth-order valence-corrected chi connectivity index (χ4v) is 3.42. The molecule has 0 aliphatic heterocycles. The average Bonchev–Trinajstić information content (AvgIpc) is 2.83. The van der Waals surface area contributed by atoms with E-state index in [4.69, 9.17) is 0 Å². The Balaban J connectivity index is 1.94. The highest BCUT2D eigenvalue weighted by Gasteiger charge is 2.18. The minimum absolute atomic E-state index is 0.112. The van der Waals surface area contributed by atoms with Crippen molar-refractivity contribution in [1.29, 1.82) is 0 Å². The van der Waals surface area contributed by atoms with Crippen molar-refractivity contribution in [3.05, 3.63) is 64.1 Å². The van der Waals surface area contributed by atoms with Gasteiger partial charge in [0.05, 0.1) is 0 Å². The second-order valence-corrected chi connectivity index (χ2v) is 5.96. The second kappa shape index (κ2) is 5.23. The van der Waals surface area contributed by atoms with Crippen LogP contribution in [0.15, 0.2) is 58.5 Å². The smallest absolute Gasteiger partial charge is 0.228 e. The highest BCUT2D eigenvalue weighted by molar-refractivity contribution is 9.10. The van der Waals surface area contributed by atoms with Gasteiger partial charge in [-0.15, -0.1) is 0 Å². The van der Waals surface area contributed by atoms with Crippen LogP contribution in [0.4, 0.5) is 0 Å². The van der Waals surface area contributed by atoms with Gasteiger partial charge in [0.1, 0.15) is 4.70 Å². The van der Waals surface area contributed by atoms with Crippen molar-refractivity contribution < 1.29 is 9.36 Å². The Morgan fingerprint density at radius 3 is 2.68 bits per heavy atom. The molecule has 0 spiro atoms. The van der Waals surface area contributed by atoms with Crippen LogP contribution < -0.4 is 4.57 Å². The van der Waals surface area contributed by atoms with Crippen LogP contribution in [0.2, 0.25) is 0 Å². The predicted molar refractivity (Wildman–Crippen MR) is 80.5 cm³/mol. The first-order chi connectivity index (χ1) is 9.25. The standard InChI is InChI=1S/C15H11BrNOS/c16-12-6-2-1-5-11(12)14(18)9-17-10-19-15-8-4-3-7-13(15)17/h1-8,10H,9H2/q+1. The van der Waals surface area contributed by atoms with E-state index < -0.39 is 0 Å². The van der Waals surface area contributed by atoms with Crippen LogP contribution in [0, 0.1) is 0 Å². The first-order valence-corrected chi connectivity index (χ1v) is 7.56. The summed E-state index contributed by atoms with van der Waals surface area (Å²) in [6, 6.07) is 15.7. The van der Waals surface area contributed by atoms with Gasteiger partial charge in [-0.25, -0.2) is 0 Å². The number of hydrogen-bond donors (Lipinski definition) is 0. The number of rotatable bonds is 3. The summed E-state index contributed by atoms with van der Waals surface area (Å²) < 4.78 is 4.05. The lowest BCUT2D eigenvalue weighted by molar-refractivity contribution is -0.652. The van der Waals surface area contributed by atoms with Gasteiger partial charge in [0.25, 0.3) is 0 Å². The Labute approximate surface area is 123 Å². The van der Waals surface area contributed by atoms with Crippen molar-refractivity contribution >= 4 is 43.3 Å². The zero-order valence-electron chi connectivity index (χ0n) is 10.0. The SMILES string of the molecule is O=C(C[n+]1csc2ccccc21)c1ccccc1Br. The minimum Gasteiger partial charge on any atom is -0.287 e. The van der Waals surface area contributed by atoms with Crippen LogP contribution in [0.25, 0.3) is 10.2 Å². The van der Waals surface area contributed by atoms with Gasteiger partial charge in [-0.2, -0.15) is 4.57 Å². The predicted octanol–water partition coefficient (Wildman–Crippen LogP) is 3.83. The van der Waals surface area contributed by atoms with E-state index in [1.54, 1.807) is 11.3 Å². The number of Topliss-reactive ketones (excluding diaryl/α,β-unsaturated/α-hetero) is 1. The van der Waals surface area contributed by atoms with Gasteiger partial charge >= 0.3 is 0 Å². The quantitative estimate of drug-likeness (QED) is 0.527. The van der Waals surface area contributed by atoms with E-state index >= 15 is 0 Å². The van der Waals surface area contributed by atoms with Gasteiger partial charge in [0.2, 0.25) is 23.4 Å². The maximum atomic E-state index is 12.3. The number of fused-ring (bicyclic) bond motifs is 1. The van der Waals surface area contributed by atoms with Crippen LogP contribution in [0.3, 0.4) is 0 Å². The Morgan fingerprint density at radius 1 is 1.11 bits per heavy atom. The zero-order valence-corrected chi connectivity index (χ0v) is 12.4. The van der Waals surface area contributed by atoms with Crippen molar-refractivity contribution in [2.24, 2.45) is 0 Å². The zero-order chi connectivity index (χ0) is 13.2. The minimum atomic E-state index is 0.112. The van der Waals surface area contributed by atoms with E-state index in [0.717, 1.165) is 15.6 Å². The second-order valence-electron chi connectivity index (χ2n) is 4.22. The number of hydrogen-bond acceptors (Lipinski definition) is 2. The summed E-state index contributed by atoms with van der Waals surface area (Å²) in [4.78, 5) is 12.3.